The van der Waals surface area contributed by atoms with Crippen molar-refractivity contribution in [2.45, 2.75) is 20.8 Å². The number of nitrogens with zero attached hydrogens (tertiary/aromatic N) is 1. The van der Waals surface area contributed by atoms with Crippen molar-refractivity contribution >= 4 is 17.3 Å². The lowest BCUT2D eigenvalue weighted by Crippen LogP contribution is -1.98. The number of aliphatic imine (C=N–C) groups is 1. The van der Waals surface area contributed by atoms with Crippen molar-refractivity contribution in [2.24, 2.45) is 4.99 Å². The zero-order chi connectivity index (χ0) is 10.7. The van der Waals surface area contributed by atoms with Gasteiger partial charge in [0.05, 0.1) is 0 Å². The maximum Gasteiger partial charge on any atom is 0.0447 e. The number of halogens is 1. The van der Waals surface area contributed by atoms with Gasteiger partial charge in [0.25, 0.3) is 0 Å². The number of aryl methyl sites for hydroxylation is 2. The number of hydrogen-bond donors (Lipinski definition) is 0. The molecule has 0 atom stereocenters. The molecule has 0 aliphatic rings. The van der Waals surface area contributed by atoms with Gasteiger partial charge in [-0.05, 0) is 38.0 Å². The lowest BCUT2D eigenvalue weighted by Gasteiger charge is -2.07. The van der Waals surface area contributed by atoms with Gasteiger partial charge in [0.2, 0.25) is 0 Å². The van der Waals surface area contributed by atoms with Crippen LogP contribution in [0, 0.1) is 13.8 Å². The van der Waals surface area contributed by atoms with Gasteiger partial charge in [0, 0.05) is 22.5 Å². The third-order valence-electron chi connectivity index (χ3n) is 2.18. The monoisotopic (exact) mass is 207 g/mol. The molecule has 0 radical (unpaired) electrons. The Hall–Kier alpha value is -1.08. The fourth-order valence-corrected chi connectivity index (χ4v) is 1.59. The van der Waals surface area contributed by atoms with Gasteiger partial charge in [-0.2, -0.15) is 0 Å². The number of benzene rings is 1. The number of hydrogen-bond acceptors (Lipinski definition) is 1. The smallest absolute Gasteiger partial charge is 0.0447 e. The summed E-state index contributed by atoms with van der Waals surface area (Å²) >= 11 is 6.05. The molecule has 0 N–H and O–H groups in total. The SMILES string of the molecule is C=C/N=C(\C)c1cc(Cl)c(C)cc1C. The zero-order valence-corrected chi connectivity index (χ0v) is 9.52. The van der Waals surface area contributed by atoms with E-state index in [9.17, 15) is 0 Å². The second-order valence-corrected chi connectivity index (χ2v) is 3.72. The molecule has 0 heterocycles. The minimum absolute atomic E-state index is 0.782. The Kier molecular flexibility index (Phi) is 3.48. The molecular formula is C12H14ClN. The quantitative estimate of drug-likeness (QED) is 0.652. The highest BCUT2D eigenvalue weighted by molar-refractivity contribution is 6.31. The Morgan fingerprint density at radius 3 is 2.57 bits per heavy atom. The van der Waals surface area contributed by atoms with E-state index in [1.54, 1.807) is 6.20 Å². The first-order valence-electron chi connectivity index (χ1n) is 4.48. The van der Waals surface area contributed by atoms with Gasteiger partial charge in [-0.3, -0.25) is 4.99 Å². The van der Waals surface area contributed by atoms with Crippen LogP contribution in [0.15, 0.2) is 29.9 Å². The van der Waals surface area contributed by atoms with E-state index in [-0.39, 0.29) is 0 Å². The van der Waals surface area contributed by atoms with Crippen LogP contribution in [0.25, 0.3) is 0 Å². The lowest BCUT2D eigenvalue weighted by atomic mass is 10.0. The average molecular weight is 208 g/mol. The third kappa shape index (κ3) is 2.24. The highest BCUT2D eigenvalue weighted by Gasteiger charge is 2.04. The van der Waals surface area contributed by atoms with E-state index in [1.807, 2.05) is 19.9 Å². The summed E-state index contributed by atoms with van der Waals surface area (Å²) in [6.07, 6.45) is 1.54. The summed E-state index contributed by atoms with van der Waals surface area (Å²) in [5.41, 5.74) is 4.31. The van der Waals surface area contributed by atoms with Gasteiger partial charge in [-0.25, -0.2) is 0 Å². The topological polar surface area (TPSA) is 12.4 Å². The van der Waals surface area contributed by atoms with E-state index in [0.29, 0.717) is 0 Å². The maximum atomic E-state index is 6.05. The minimum Gasteiger partial charge on any atom is -0.262 e. The molecule has 0 fully saturated rings. The molecule has 1 aromatic carbocycles. The lowest BCUT2D eigenvalue weighted by molar-refractivity contribution is 1.35. The molecule has 14 heavy (non-hydrogen) atoms. The molecule has 0 spiro atoms. The molecule has 1 aromatic rings. The van der Waals surface area contributed by atoms with E-state index in [4.69, 9.17) is 11.6 Å². The van der Waals surface area contributed by atoms with Crippen LogP contribution in [-0.2, 0) is 0 Å². The Bertz CT molecular complexity index is 392. The first-order chi connectivity index (χ1) is 6.56. The van der Waals surface area contributed by atoms with Crippen molar-refractivity contribution in [3.63, 3.8) is 0 Å². The normalized spacial score (nSPS) is 11.6. The van der Waals surface area contributed by atoms with Crippen molar-refractivity contribution < 1.29 is 0 Å². The third-order valence-corrected chi connectivity index (χ3v) is 2.59. The van der Waals surface area contributed by atoms with Gasteiger partial charge in [-0.1, -0.05) is 24.2 Å². The predicted molar refractivity (Wildman–Crippen MR) is 63.3 cm³/mol. The molecule has 0 saturated carbocycles. The molecule has 74 valence electrons. The summed E-state index contributed by atoms with van der Waals surface area (Å²) in [7, 11) is 0. The fourth-order valence-electron chi connectivity index (χ4n) is 1.42. The van der Waals surface area contributed by atoms with E-state index < -0.39 is 0 Å². The van der Waals surface area contributed by atoms with Crippen molar-refractivity contribution in [1.82, 2.24) is 0 Å². The standard InChI is InChI=1S/C12H14ClN/c1-5-14-10(4)11-7-12(13)9(3)6-8(11)2/h5-7H,1H2,2-4H3/b14-10+. The maximum absolute atomic E-state index is 6.05. The van der Waals surface area contributed by atoms with Crippen LogP contribution in [0.2, 0.25) is 5.02 Å². The average Bonchev–Trinajstić information content (AvgIpc) is 2.11. The van der Waals surface area contributed by atoms with Crippen LogP contribution in [0.1, 0.15) is 23.6 Å². The van der Waals surface area contributed by atoms with Gasteiger partial charge < -0.3 is 0 Å². The van der Waals surface area contributed by atoms with Crippen LogP contribution >= 0.6 is 11.6 Å². The van der Waals surface area contributed by atoms with E-state index in [0.717, 1.165) is 21.9 Å². The van der Waals surface area contributed by atoms with Crippen LogP contribution in [0.5, 0.6) is 0 Å². The van der Waals surface area contributed by atoms with E-state index >= 15 is 0 Å². The Morgan fingerprint density at radius 1 is 1.36 bits per heavy atom. The molecule has 0 amide bonds. The molecule has 0 aliphatic heterocycles. The molecule has 0 aliphatic carbocycles. The van der Waals surface area contributed by atoms with Crippen molar-refractivity contribution in [2.75, 3.05) is 0 Å². The second kappa shape index (κ2) is 4.43. The highest BCUT2D eigenvalue weighted by atomic mass is 35.5. The highest BCUT2D eigenvalue weighted by Crippen LogP contribution is 2.21. The Morgan fingerprint density at radius 2 is 2.00 bits per heavy atom. The van der Waals surface area contributed by atoms with Crippen molar-refractivity contribution in [3.8, 4) is 0 Å². The molecule has 2 heteroatoms. The summed E-state index contributed by atoms with van der Waals surface area (Å²) in [4.78, 5) is 4.15. The van der Waals surface area contributed by atoms with Gasteiger partial charge in [-0.15, -0.1) is 0 Å². The van der Waals surface area contributed by atoms with Gasteiger partial charge in [0.15, 0.2) is 0 Å². The van der Waals surface area contributed by atoms with Crippen molar-refractivity contribution in [3.05, 3.63) is 46.6 Å². The molecule has 1 nitrogen and oxygen atoms in total. The summed E-state index contributed by atoms with van der Waals surface area (Å²) in [5.74, 6) is 0. The predicted octanol–water partition coefficient (Wildman–Crippen LogP) is 3.91. The van der Waals surface area contributed by atoms with Crippen molar-refractivity contribution in [1.29, 1.82) is 0 Å². The first-order valence-corrected chi connectivity index (χ1v) is 4.86. The summed E-state index contributed by atoms with van der Waals surface area (Å²) in [5, 5.41) is 0.782. The fraction of sp³-hybridized carbons (Fsp3) is 0.250. The molecule has 0 aromatic heterocycles. The summed E-state index contributed by atoms with van der Waals surface area (Å²) < 4.78 is 0. The largest absolute Gasteiger partial charge is 0.262 e. The zero-order valence-electron chi connectivity index (χ0n) is 8.76. The molecule has 0 bridgehead atoms. The summed E-state index contributed by atoms with van der Waals surface area (Å²) in [6, 6.07) is 4.02. The Labute approximate surface area is 90.1 Å². The molecular weight excluding hydrogens is 194 g/mol. The Balaban J connectivity index is 3.29. The van der Waals surface area contributed by atoms with Crippen LogP contribution in [0.3, 0.4) is 0 Å². The minimum atomic E-state index is 0.782. The molecule has 0 saturated heterocycles. The second-order valence-electron chi connectivity index (χ2n) is 3.31. The summed E-state index contributed by atoms with van der Waals surface area (Å²) in [6.45, 7) is 9.58. The van der Waals surface area contributed by atoms with Crippen LogP contribution in [-0.4, -0.2) is 5.71 Å². The first kappa shape index (κ1) is 11.0. The molecule has 0 unspecified atom stereocenters. The van der Waals surface area contributed by atoms with Gasteiger partial charge in [0.1, 0.15) is 0 Å². The molecule has 1 rings (SSSR count). The van der Waals surface area contributed by atoms with Crippen LogP contribution in [0.4, 0.5) is 0 Å². The van der Waals surface area contributed by atoms with E-state index in [2.05, 4.69) is 24.6 Å². The van der Waals surface area contributed by atoms with Crippen LogP contribution < -0.4 is 0 Å². The van der Waals surface area contributed by atoms with Gasteiger partial charge >= 0.3 is 0 Å². The number of rotatable bonds is 2. The van der Waals surface area contributed by atoms with E-state index in [1.165, 1.54) is 5.56 Å².